The summed E-state index contributed by atoms with van der Waals surface area (Å²) >= 11 is 0. The fraction of sp³-hybridized carbons (Fsp3) is 0.438. The molecule has 19 heavy (non-hydrogen) atoms. The summed E-state index contributed by atoms with van der Waals surface area (Å²) in [6.45, 7) is 4.42. The Bertz CT molecular complexity index is 579. The lowest BCUT2D eigenvalue weighted by Crippen LogP contribution is -2.07. The van der Waals surface area contributed by atoms with Crippen LogP contribution in [0.5, 0.6) is 0 Å². The highest BCUT2D eigenvalue weighted by atomic mass is 15.3. The molecule has 3 heteroatoms. The van der Waals surface area contributed by atoms with Gasteiger partial charge in [0.15, 0.2) is 0 Å². The van der Waals surface area contributed by atoms with Gasteiger partial charge in [-0.2, -0.15) is 5.10 Å². The largest absolute Gasteiger partial charge is 0.382 e. The summed E-state index contributed by atoms with van der Waals surface area (Å²) in [4.78, 5) is 0. The second-order valence-electron chi connectivity index (χ2n) is 5.68. The second kappa shape index (κ2) is 4.72. The molecule has 2 aromatic rings. The summed E-state index contributed by atoms with van der Waals surface area (Å²) in [7, 11) is 0. The van der Waals surface area contributed by atoms with Crippen LogP contribution < -0.4 is 5.73 Å². The van der Waals surface area contributed by atoms with Gasteiger partial charge in [0.2, 0.25) is 0 Å². The van der Waals surface area contributed by atoms with Crippen LogP contribution in [0.25, 0.3) is 5.69 Å². The minimum absolute atomic E-state index is 0.561. The lowest BCUT2D eigenvalue weighted by molar-refractivity contribution is 0.653. The maximum Gasteiger partial charge on any atom is 0.149 e. The minimum Gasteiger partial charge on any atom is -0.382 e. The van der Waals surface area contributed by atoms with Crippen LogP contribution in [0.3, 0.4) is 0 Å². The smallest absolute Gasteiger partial charge is 0.149 e. The Morgan fingerprint density at radius 1 is 1.11 bits per heavy atom. The van der Waals surface area contributed by atoms with Crippen LogP contribution in [0.4, 0.5) is 5.82 Å². The van der Waals surface area contributed by atoms with Gasteiger partial charge in [0, 0.05) is 11.3 Å². The maximum absolute atomic E-state index is 6.05. The normalized spacial score (nSPS) is 14.7. The number of rotatable bonds is 2. The zero-order valence-electron chi connectivity index (χ0n) is 11.7. The van der Waals surface area contributed by atoms with E-state index in [1.54, 1.807) is 0 Å². The number of nitrogens with zero attached hydrogens (tertiary/aromatic N) is 2. The van der Waals surface area contributed by atoms with E-state index in [0.717, 1.165) is 18.5 Å². The van der Waals surface area contributed by atoms with Crippen LogP contribution in [0, 0.1) is 0 Å². The molecule has 1 aromatic carbocycles. The molecule has 0 fully saturated rings. The third-order valence-electron chi connectivity index (χ3n) is 4.02. The van der Waals surface area contributed by atoms with Crippen molar-refractivity contribution in [2.45, 2.75) is 45.4 Å². The number of hydrogen-bond donors (Lipinski definition) is 1. The molecule has 0 atom stereocenters. The monoisotopic (exact) mass is 255 g/mol. The molecule has 1 heterocycles. The molecule has 0 bridgehead atoms. The highest BCUT2D eigenvalue weighted by Crippen LogP contribution is 2.28. The van der Waals surface area contributed by atoms with Crippen molar-refractivity contribution in [3.63, 3.8) is 0 Å². The van der Waals surface area contributed by atoms with Crippen molar-refractivity contribution in [1.29, 1.82) is 0 Å². The number of aromatic nitrogens is 2. The summed E-state index contributed by atoms with van der Waals surface area (Å²) in [6, 6.07) is 8.67. The SMILES string of the molecule is CC(C)c1ccc(-n2nc(N)c3c2CCCC3)cc1. The van der Waals surface area contributed by atoms with E-state index in [-0.39, 0.29) is 0 Å². The first-order valence-electron chi connectivity index (χ1n) is 7.13. The molecule has 0 spiro atoms. The Morgan fingerprint density at radius 2 is 1.79 bits per heavy atom. The molecule has 0 saturated heterocycles. The first-order valence-corrected chi connectivity index (χ1v) is 7.13. The van der Waals surface area contributed by atoms with Crippen LogP contribution in [-0.2, 0) is 12.8 Å². The lowest BCUT2D eigenvalue weighted by Gasteiger charge is -2.14. The molecule has 1 aromatic heterocycles. The van der Waals surface area contributed by atoms with Crippen LogP contribution in [0.2, 0.25) is 0 Å². The molecule has 1 aliphatic carbocycles. The third-order valence-corrected chi connectivity index (χ3v) is 4.02. The van der Waals surface area contributed by atoms with Gasteiger partial charge in [-0.25, -0.2) is 4.68 Å². The zero-order chi connectivity index (χ0) is 13.4. The van der Waals surface area contributed by atoms with E-state index in [4.69, 9.17) is 5.73 Å². The van der Waals surface area contributed by atoms with E-state index < -0.39 is 0 Å². The van der Waals surface area contributed by atoms with Gasteiger partial charge in [-0.15, -0.1) is 0 Å². The summed E-state index contributed by atoms with van der Waals surface area (Å²) in [5, 5.41) is 4.53. The first kappa shape index (κ1) is 12.3. The van der Waals surface area contributed by atoms with Gasteiger partial charge < -0.3 is 5.73 Å². The van der Waals surface area contributed by atoms with Gasteiger partial charge in [0.25, 0.3) is 0 Å². The number of anilines is 1. The van der Waals surface area contributed by atoms with E-state index in [0.29, 0.717) is 11.7 Å². The van der Waals surface area contributed by atoms with Crippen molar-refractivity contribution < 1.29 is 0 Å². The van der Waals surface area contributed by atoms with Crippen molar-refractivity contribution in [3.8, 4) is 5.69 Å². The van der Waals surface area contributed by atoms with Gasteiger partial charge in [-0.3, -0.25) is 0 Å². The second-order valence-corrected chi connectivity index (χ2v) is 5.68. The number of nitrogens with two attached hydrogens (primary N) is 1. The average Bonchev–Trinajstić information content (AvgIpc) is 2.77. The molecular formula is C16H21N3. The Hall–Kier alpha value is -1.77. The number of nitrogen functional groups attached to an aromatic ring is 1. The standard InChI is InChI=1S/C16H21N3/c1-11(2)12-7-9-13(10-8-12)19-15-6-4-3-5-14(15)16(17)18-19/h7-11H,3-6H2,1-2H3,(H2,17,18). The Labute approximate surface area is 114 Å². The van der Waals surface area contributed by atoms with Crippen molar-refractivity contribution in [1.82, 2.24) is 9.78 Å². The highest BCUT2D eigenvalue weighted by Gasteiger charge is 2.19. The van der Waals surface area contributed by atoms with Crippen LogP contribution in [-0.4, -0.2) is 9.78 Å². The molecule has 3 nitrogen and oxygen atoms in total. The van der Waals surface area contributed by atoms with Crippen molar-refractivity contribution in [3.05, 3.63) is 41.1 Å². The highest BCUT2D eigenvalue weighted by molar-refractivity contribution is 5.48. The first-order chi connectivity index (χ1) is 9.16. The van der Waals surface area contributed by atoms with E-state index in [9.17, 15) is 0 Å². The molecule has 3 rings (SSSR count). The fourth-order valence-corrected chi connectivity index (χ4v) is 2.84. The summed E-state index contributed by atoms with van der Waals surface area (Å²) in [5.41, 5.74) is 11.1. The maximum atomic E-state index is 6.05. The molecule has 0 radical (unpaired) electrons. The average molecular weight is 255 g/mol. The summed E-state index contributed by atoms with van der Waals surface area (Å²) in [6.07, 6.45) is 4.63. The van der Waals surface area contributed by atoms with Gasteiger partial charge in [0.1, 0.15) is 5.82 Å². The third kappa shape index (κ3) is 2.14. The Balaban J connectivity index is 2.02. The molecule has 0 amide bonds. The van der Waals surface area contributed by atoms with Crippen molar-refractivity contribution in [2.75, 3.05) is 5.73 Å². The van der Waals surface area contributed by atoms with E-state index in [1.807, 2.05) is 4.68 Å². The van der Waals surface area contributed by atoms with Gasteiger partial charge in [-0.1, -0.05) is 26.0 Å². The van der Waals surface area contributed by atoms with E-state index in [2.05, 4.69) is 43.2 Å². The Kier molecular flexibility index (Phi) is 3.05. The molecule has 100 valence electrons. The van der Waals surface area contributed by atoms with Crippen LogP contribution in [0.15, 0.2) is 24.3 Å². The van der Waals surface area contributed by atoms with Gasteiger partial charge in [-0.05, 0) is 49.3 Å². The topological polar surface area (TPSA) is 43.8 Å². The minimum atomic E-state index is 0.561. The summed E-state index contributed by atoms with van der Waals surface area (Å²) < 4.78 is 2.04. The molecular weight excluding hydrogens is 234 g/mol. The molecule has 1 aliphatic rings. The molecule has 0 aliphatic heterocycles. The summed E-state index contributed by atoms with van der Waals surface area (Å²) in [5.74, 6) is 1.27. The fourth-order valence-electron chi connectivity index (χ4n) is 2.84. The Morgan fingerprint density at radius 3 is 2.47 bits per heavy atom. The number of benzene rings is 1. The van der Waals surface area contributed by atoms with Crippen LogP contribution in [0.1, 0.15) is 49.4 Å². The molecule has 0 saturated carbocycles. The molecule has 0 unspecified atom stereocenters. The number of fused-ring (bicyclic) bond motifs is 1. The quantitative estimate of drug-likeness (QED) is 0.893. The van der Waals surface area contributed by atoms with E-state index >= 15 is 0 Å². The lowest BCUT2D eigenvalue weighted by atomic mass is 9.97. The van der Waals surface area contributed by atoms with Crippen molar-refractivity contribution >= 4 is 5.82 Å². The predicted molar refractivity (Wildman–Crippen MR) is 78.7 cm³/mol. The van der Waals surface area contributed by atoms with E-state index in [1.165, 1.54) is 29.7 Å². The molecule has 2 N–H and O–H groups in total. The number of hydrogen-bond acceptors (Lipinski definition) is 2. The van der Waals surface area contributed by atoms with Crippen LogP contribution >= 0.6 is 0 Å². The van der Waals surface area contributed by atoms with Crippen molar-refractivity contribution in [2.24, 2.45) is 0 Å². The van der Waals surface area contributed by atoms with Gasteiger partial charge in [0.05, 0.1) is 5.69 Å². The zero-order valence-corrected chi connectivity index (χ0v) is 11.7. The van der Waals surface area contributed by atoms with Gasteiger partial charge >= 0.3 is 0 Å². The predicted octanol–water partition coefficient (Wildman–Crippen LogP) is 3.46.